The van der Waals surface area contributed by atoms with Crippen molar-refractivity contribution in [3.8, 4) is 0 Å². The van der Waals surface area contributed by atoms with Crippen LogP contribution in [0.4, 0.5) is 0 Å². The van der Waals surface area contributed by atoms with Gasteiger partial charge >= 0.3 is 5.97 Å². The Kier molecular flexibility index (Phi) is 5.61. The molecule has 2 amide bonds. The van der Waals surface area contributed by atoms with Crippen molar-refractivity contribution in [2.75, 3.05) is 19.7 Å². The summed E-state index contributed by atoms with van der Waals surface area (Å²) < 4.78 is 6.21. The molecule has 1 aliphatic rings. The molecule has 2 heterocycles. The SMILES string of the molecule is CC(=O)OCC(=O)N1CCCN1C(=O)C=Cc1c(C)nn(C)c1Cl. The minimum atomic E-state index is -0.540. The molecule has 0 aromatic carbocycles. The Morgan fingerprint density at radius 2 is 1.96 bits per heavy atom. The number of carbonyl (C=O) groups is 3. The molecule has 2 rings (SSSR count). The number of amides is 2. The van der Waals surface area contributed by atoms with Crippen molar-refractivity contribution in [3.63, 3.8) is 0 Å². The first-order valence-electron chi connectivity index (χ1n) is 7.43. The molecule has 24 heavy (non-hydrogen) atoms. The number of nitrogens with zero attached hydrogens (tertiary/aromatic N) is 4. The Morgan fingerprint density at radius 1 is 1.29 bits per heavy atom. The molecule has 1 saturated heterocycles. The lowest BCUT2D eigenvalue weighted by Crippen LogP contribution is -2.45. The van der Waals surface area contributed by atoms with Crippen LogP contribution >= 0.6 is 11.6 Å². The van der Waals surface area contributed by atoms with Crippen LogP contribution in [-0.2, 0) is 26.2 Å². The van der Waals surface area contributed by atoms with E-state index in [1.54, 1.807) is 20.0 Å². The van der Waals surface area contributed by atoms with Crippen LogP contribution in [0.25, 0.3) is 6.08 Å². The van der Waals surface area contributed by atoms with Gasteiger partial charge in [-0.1, -0.05) is 11.6 Å². The largest absolute Gasteiger partial charge is 0.456 e. The number of hydrazine groups is 1. The Morgan fingerprint density at radius 3 is 2.54 bits per heavy atom. The first kappa shape index (κ1) is 18.0. The molecule has 0 atom stereocenters. The molecule has 130 valence electrons. The predicted octanol–water partition coefficient (Wildman–Crippen LogP) is 0.934. The van der Waals surface area contributed by atoms with Gasteiger partial charge in [0.15, 0.2) is 6.61 Å². The van der Waals surface area contributed by atoms with Gasteiger partial charge in [-0.15, -0.1) is 0 Å². The van der Waals surface area contributed by atoms with Gasteiger partial charge in [-0.25, -0.2) is 10.0 Å². The molecule has 1 aromatic rings. The Labute approximate surface area is 144 Å². The fraction of sp³-hybridized carbons (Fsp3) is 0.467. The van der Waals surface area contributed by atoms with E-state index in [2.05, 4.69) is 5.10 Å². The molecule has 0 aliphatic carbocycles. The van der Waals surface area contributed by atoms with Crippen molar-refractivity contribution >= 4 is 35.5 Å². The van der Waals surface area contributed by atoms with Gasteiger partial charge in [0.25, 0.3) is 11.8 Å². The molecule has 1 aromatic heterocycles. The Balaban J connectivity index is 2.06. The van der Waals surface area contributed by atoms with Gasteiger partial charge in [-0.3, -0.25) is 19.1 Å². The predicted molar refractivity (Wildman–Crippen MR) is 86.7 cm³/mol. The zero-order chi connectivity index (χ0) is 17.9. The second kappa shape index (κ2) is 7.48. The Hall–Kier alpha value is -2.35. The maximum Gasteiger partial charge on any atom is 0.303 e. The fourth-order valence-corrected chi connectivity index (χ4v) is 2.65. The normalized spacial score (nSPS) is 14.5. The maximum atomic E-state index is 12.4. The molecule has 1 fully saturated rings. The molecule has 0 radical (unpaired) electrons. The quantitative estimate of drug-likeness (QED) is 0.593. The van der Waals surface area contributed by atoms with E-state index in [4.69, 9.17) is 16.3 Å². The van der Waals surface area contributed by atoms with Crippen molar-refractivity contribution in [1.82, 2.24) is 19.8 Å². The number of rotatable bonds is 4. The number of halogens is 1. The third-order valence-electron chi connectivity index (χ3n) is 3.56. The molecular formula is C15H19ClN4O4. The summed E-state index contributed by atoms with van der Waals surface area (Å²) in [7, 11) is 1.71. The second-order valence-corrected chi connectivity index (χ2v) is 5.72. The van der Waals surface area contributed by atoms with Crippen LogP contribution in [0.2, 0.25) is 5.15 Å². The van der Waals surface area contributed by atoms with Crippen molar-refractivity contribution in [1.29, 1.82) is 0 Å². The van der Waals surface area contributed by atoms with E-state index in [9.17, 15) is 14.4 Å². The maximum absolute atomic E-state index is 12.4. The fourth-order valence-electron chi connectivity index (χ4n) is 2.41. The number of carbonyl (C=O) groups excluding carboxylic acids is 3. The topological polar surface area (TPSA) is 84.7 Å². The second-order valence-electron chi connectivity index (χ2n) is 5.36. The van der Waals surface area contributed by atoms with Crippen LogP contribution in [0.1, 0.15) is 24.6 Å². The van der Waals surface area contributed by atoms with Crippen LogP contribution in [0.15, 0.2) is 6.08 Å². The Bertz CT molecular complexity index is 698. The molecule has 1 aliphatic heterocycles. The number of esters is 1. The van der Waals surface area contributed by atoms with Gasteiger partial charge < -0.3 is 4.74 Å². The molecule has 9 heteroatoms. The molecule has 0 N–H and O–H groups in total. The van der Waals surface area contributed by atoms with Crippen molar-refractivity contribution < 1.29 is 19.1 Å². The first-order valence-corrected chi connectivity index (χ1v) is 7.81. The number of hydrogen-bond donors (Lipinski definition) is 0. The molecule has 0 bridgehead atoms. The van der Waals surface area contributed by atoms with Gasteiger partial charge in [-0.05, 0) is 19.4 Å². The van der Waals surface area contributed by atoms with E-state index < -0.39 is 11.9 Å². The van der Waals surface area contributed by atoms with Crippen LogP contribution < -0.4 is 0 Å². The standard InChI is InChI=1S/C15H19ClN4O4/c1-10-12(15(16)18(3)17-10)5-6-13(22)19-7-4-8-20(19)14(23)9-24-11(2)21/h5-6H,4,7-9H2,1-3H3. The highest BCUT2D eigenvalue weighted by Crippen LogP contribution is 2.20. The van der Waals surface area contributed by atoms with Crippen molar-refractivity contribution in [3.05, 3.63) is 22.5 Å². The van der Waals surface area contributed by atoms with E-state index in [-0.39, 0.29) is 12.5 Å². The van der Waals surface area contributed by atoms with E-state index in [0.29, 0.717) is 35.9 Å². The summed E-state index contributed by atoms with van der Waals surface area (Å²) in [6.45, 7) is 3.47. The summed E-state index contributed by atoms with van der Waals surface area (Å²) in [5.74, 6) is -1.31. The zero-order valence-electron chi connectivity index (χ0n) is 13.8. The van der Waals surface area contributed by atoms with Gasteiger partial charge in [0.1, 0.15) is 5.15 Å². The highest BCUT2D eigenvalue weighted by atomic mass is 35.5. The van der Waals surface area contributed by atoms with E-state index in [1.807, 2.05) is 0 Å². The molecule has 0 saturated carbocycles. The van der Waals surface area contributed by atoms with Crippen LogP contribution in [0.5, 0.6) is 0 Å². The lowest BCUT2D eigenvalue weighted by molar-refractivity contribution is -0.161. The third kappa shape index (κ3) is 3.94. The van der Waals surface area contributed by atoms with E-state index in [0.717, 1.165) is 0 Å². The third-order valence-corrected chi connectivity index (χ3v) is 4.01. The summed E-state index contributed by atoms with van der Waals surface area (Å²) in [6, 6.07) is 0. The molecule has 0 unspecified atom stereocenters. The van der Waals surface area contributed by atoms with Crippen LogP contribution in [-0.4, -0.2) is 57.3 Å². The highest BCUT2D eigenvalue weighted by molar-refractivity contribution is 6.31. The molecule has 8 nitrogen and oxygen atoms in total. The summed E-state index contributed by atoms with van der Waals surface area (Å²) in [5, 5.41) is 7.23. The molecular weight excluding hydrogens is 336 g/mol. The smallest absolute Gasteiger partial charge is 0.303 e. The highest BCUT2D eigenvalue weighted by Gasteiger charge is 2.29. The van der Waals surface area contributed by atoms with Crippen LogP contribution in [0, 0.1) is 6.92 Å². The lowest BCUT2D eigenvalue weighted by Gasteiger charge is -2.26. The van der Waals surface area contributed by atoms with Gasteiger partial charge in [-0.2, -0.15) is 5.10 Å². The van der Waals surface area contributed by atoms with E-state index >= 15 is 0 Å². The zero-order valence-corrected chi connectivity index (χ0v) is 14.5. The summed E-state index contributed by atoms with van der Waals surface area (Å²) in [5.41, 5.74) is 1.36. The monoisotopic (exact) mass is 354 g/mol. The summed E-state index contributed by atoms with van der Waals surface area (Å²) in [4.78, 5) is 35.2. The average molecular weight is 355 g/mol. The van der Waals surface area contributed by atoms with Gasteiger partial charge in [0.2, 0.25) is 0 Å². The van der Waals surface area contributed by atoms with Crippen LogP contribution in [0.3, 0.4) is 0 Å². The minimum absolute atomic E-state index is 0.344. The van der Waals surface area contributed by atoms with Gasteiger partial charge in [0, 0.05) is 38.7 Å². The first-order chi connectivity index (χ1) is 11.3. The lowest BCUT2D eigenvalue weighted by atomic mass is 10.2. The molecule has 0 spiro atoms. The minimum Gasteiger partial charge on any atom is -0.456 e. The van der Waals surface area contributed by atoms with Crippen molar-refractivity contribution in [2.45, 2.75) is 20.3 Å². The number of ether oxygens (including phenoxy) is 1. The van der Waals surface area contributed by atoms with Crippen molar-refractivity contribution in [2.24, 2.45) is 7.05 Å². The number of hydrogen-bond acceptors (Lipinski definition) is 5. The van der Waals surface area contributed by atoms with E-state index in [1.165, 1.54) is 27.7 Å². The number of aromatic nitrogens is 2. The average Bonchev–Trinajstić information content (AvgIpc) is 3.09. The summed E-state index contributed by atoms with van der Waals surface area (Å²) >= 11 is 6.12. The number of aryl methyl sites for hydroxylation is 2. The summed E-state index contributed by atoms with van der Waals surface area (Å²) in [6.07, 6.45) is 3.60. The van der Waals surface area contributed by atoms with Gasteiger partial charge in [0.05, 0.1) is 5.69 Å².